The van der Waals surface area contributed by atoms with Crippen LogP contribution in [0.25, 0.3) is 0 Å². The summed E-state index contributed by atoms with van der Waals surface area (Å²) in [4.78, 5) is 28.3. The Balaban J connectivity index is 1.84. The summed E-state index contributed by atoms with van der Waals surface area (Å²) in [7, 11) is 0. The van der Waals surface area contributed by atoms with Gasteiger partial charge in [-0.25, -0.2) is 8.78 Å². The molecule has 4 nitrogen and oxygen atoms in total. The average molecular weight is 531 g/mol. The van der Waals surface area contributed by atoms with E-state index in [0.717, 1.165) is 12.0 Å². The van der Waals surface area contributed by atoms with Crippen LogP contribution in [0.2, 0.25) is 5.02 Å². The van der Waals surface area contributed by atoms with Crippen LogP contribution in [-0.2, 0) is 28.3 Å². The number of thioether (sulfide) groups is 1. The van der Waals surface area contributed by atoms with Crippen molar-refractivity contribution in [3.05, 3.63) is 106 Å². The number of rotatable bonds is 12. The predicted octanol–water partition coefficient (Wildman–Crippen LogP) is 6.02. The molecule has 0 saturated heterocycles. The molecule has 0 aliphatic heterocycles. The van der Waals surface area contributed by atoms with Crippen LogP contribution in [0.4, 0.5) is 8.78 Å². The van der Waals surface area contributed by atoms with E-state index in [1.165, 1.54) is 40.9 Å². The van der Waals surface area contributed by atoms with E-state index in [1.807, 2.05) is 37.3 Å². The number of carbonyl (C=O) groups is 2. The number of halogens is 3. The largest absolute Gasteiger partial charge is 0.354 e. The first-order valence-corrected chi connectivity index (χ1v) is 13.3. The third-order valence-electron chi connectivity index (χ3n) is 5.62. The normalized spacial score (nSPS) is 11.7. The minimum absolute atomic E-state index is 0.0260. The smallest absolute Gasteiger partial charge is 0.243 e. The molecule has 0 bridgehead atoms. The highest BCUT2D eigenvalue weighted by atomic mass is 35.5. The molecule has 3 aromatic rings. The molecule has 0 radical (unpaired) electrons. The lowest BCUT2D eigenvalue weighted by Crippen LogP contribution is -2.51. The third kappa shape index (κ3) is 8.07. The van der Waals surface area contributed by atoms with Crippen molar-refractivity contribution in [1.82, 2.24) is 10.2 Å². The van der Waals surface area contributed by atoms with Crippen LogP contribution in [0.5, 0.6) is 0 Å². The van der Waals surface area contributed by atoms with E-state index < -0.39 is 11.9 Å². The third-order valence-corrected chi connectivity index (χ3v) is 6.92. The molecule has 3 aromatic carbocycles. The molecule has 0 unspecified atom stereocenters. The molecule has 0 spiro atoms. The Hall–Kier alpha value is -2.90. The Morgan fingerprint density at radius 2 is 1.69 bits per heavy atom. The van der Waals surface area contributed by atoms with E-state index in [-0.39, 0.29) is 35.7 Å². The number of hydrogen-bond donors (Lipinski definition) is 1. The van der Waals surface area contributed by atoms with Gasteiger partial charge in [-0.2, -0.15) is 0 Å². The van der Waals surface area contributed by atoms with E-state index >= 15 is 0 Å². The summed E-state index contributed by atoms with van der Waals surface area (Å²) in [5.74, 6) is -1.09. The molecule has 0 aliphatic carbocycles. The number of carbonyl (C=O) groups excluding carboxylic acids is 2. The van der Waals surface area contributed by atoms with Crippen LogP contribution in [0, 0.1) is 11.6 Å². The summed E-state index contributed by atoms with van der Waals surface area (Å²) < 4.78 is 27.7. The quantitative estimate of drug-likeness (QED) is 0.311. The van der Waals surface area contributed by atoms with E-state index in [4.69, 9.17) is 11.6 Å². The lowest BCUT2D eigenvalue weighted by atomic mass is 10.0. The maximum Gasteiger partial charge on any atom is 0.243 e. The van der Waals surface area contributed by atoms with Crippen molar-refractivity contribution >= 4 is 35.2 Å². The van der Waals surface area contributed by atoms with Gasteiger partial charge >= 0.3 is 0 Å². The first-order valence-electron chi connectivity index (χ1n) is 11.7. The molecule has 0 aliphatic rings. The van der Waals surface area contributed by atoms with E-state index in [9.17, 15) is 18.4 Å². The van der Waals surface area contributed by atoms with Crippen molar-refractivity contribution in [1.29, 1.82) is 0 Å². The molecule has 2 amide bonds. The number of amides is 2. The zero-order valence-electron chi connectivity index (χ0n) is 20.1. The zero-order chi connectivity index (χ0) is 25.9. The number of benzene rings is 3. The highest BCUT2D eigenvalue weighted by molar-refractivity contribution is 7.99. The van der Waals surface area contributed by atoms with Crippen LogP contribution in [0.1, 0.15) is 30.0 Å². The van der Waals surface area contributed by atoms with Gasteiger partial charge in [0.1, 0.15) is 17.7 Å². The van der Waals surface area contributed by atoms with Crippen LogP contribution >= 0.6 is 23.4 Å². The number of nitrogens with one attached hydrogen (secondary N) is 1. The van der Waals surface area contributed by atoms with Gasteiger partial charge in [0.15, 0.2) is 0 Å². The van der Waals surface area contributed by atoms with Gasteiger partial charge in [-0.15, -0.1) is 11.8 Å². The summed E-state index contributed by atoms with van der Waals surface area (Å²) in [6.07, 6.45) is 1.09. The van der Waals surface area contributed by atoms with E-state index in [1.54, 1.807) is 18.2 Å². The van der Waals surface area contributed by atoms with Crippen LogP contribution < -0.4 is 5.32 Å². The van der Waals surface area contributed by atoms with Gasteiger partial charge in [-0.1, -0.05) is 67.1 Å². The van der Waals surface area contributed by atoms with Crippen LogP contribution in [-0.4, -0.2) is 35.1 Å². The molecule has 36 heavy (non-hydrogen) atoms. The minimum atomic E-state index is -0.769. The molecular formula is C28H29ClF2N2O2S. The highest BCUT2D eigenvalue weighted by Crippen LogP contribution is 2.25. The molecule has 1 N–H and O–H groups in total. The van der Waals surface area contributed by atoms with Gasteiger partial charge in [-0.3, -0.25) is 9.59 Å². The van der Waals surface area contributed by atoms with Crippen molar-refractivity contribution in [2.75, 3.05) is 12.3 Å². The van der Waals surface area contributed by atoms with Gasteiger partial charge in [-0.05, 0) is 41.8 Å². The standard InChI is InChI=1S/C28H29ClF2N2O2S/c1-2-15-32-28(35)26(16-20-7-4-3-5-8-20)33(17-21-11-13-22(30)14-12-21)27(34)19-36-18-23-24(29)9-6-10-25(23)31/h3-14,26H,2,15-19H2,1H3,(H,32,35)/t26-/m1/s1. The van der Waals surface area contributed by atoms with Crippen molar-refractivity contribution in [2.45, 2.75) is 38.1 Å². The Labute approximate surface area is 220 Å². The number of hydrogen-bond acceptors (Lipinski definition) is 3. The highest BCUT2D eigenvalue weighted by Gasteiger charge is 2.30. The van der Waals surface area contributed by atoms with Crippen LogP contribution in [0.15, 0.2) is 72.8 Å². The second kappa shape index (κ2) is 14.0. The molecule has 0 aromatic heterocycles. The molecule has 0 saturated carbocycles. The molecule has 0 heterocycles. The van der Waals surface area contributed by atoms with Gasteiger partial charge in [0.05, 0.1) is 5.75 Å². The molecule has 190 valence electrons. The molecule has 8 heteroatoms. The molecule has 3 rings (SSSR count). The van der Waals surface area contributed by atoms with Gasteiger partial charge in [0.2, 0.25) is 11.8 Å². The SMILES string of the molecule is CCCNC(=O)[C@@H](Cc1ccccc1)N(Cc1ccc(F)cc1)C(=O)CSCc1c(F)cccc1Cl. The summed E-state index contributed by atoms with van der Waals surface area (Å²) >= 11 is 7.36. The van der Waals surface area contributed by atoms with Crippen molar-refractivity contribution < 1.29 is 18.4 Å². The van der Waals surface area contributed by atoms with E-state index in [0.29, 0.717) is 29.1 Å². The molecule has 0 fully saturated rings. The lowest BCUT2D eigenvalue weighted by Gasteiger charge is -2.31. The maximum absolute atomic E-state index is 14.2. The van der Waals surface area contributed by atoms with Crippen LogP contribution in [0.3, 0.4) is 0 Å². The average Bonchev–Trinajstić information content (AvgIpc) is 2.88. The Bertz CT molecular complexity index is 1130. The van der Waals surface area contributed by atoms with Gasteiger partial charge in [0, 0.05) is 35.8 Å². The summed E-state index contributed by atoms with van der Waals surface area (Å²) in [5, 5.41) is 3.22. The minimum Gasteiger partial charge on any atom is -0.354 e. The monoisotopic (exact) mass is 530 g/mol. The lowest BCUT2D eigenvalue weighted by molar-refractivity contribution is -0.139. The first-order chi connectivity index (χ1) is 17.4. The fourth-order valence-corrected chi connectivity index (χ4v) is 4.95. The fourth-order valence-electron chi connectivity index (χ4n) is 3.70. The van der Waals surface area contributed by atoms with Crippen molar-refractivity contribution in [3.63, 3.8) is 0 Å². The maximum atomic E-state index is 14.2. The van der Waals surface area contributed by atoms with Crippen molar-refractivity contribution in [2.24, 2.45) is 0 Å². The fraction of sp³-hybridized carbons (Fsp3) is 0.286. The Kier molecular flexibility index (Phi) is 10.8. The topological polar surface area (TPSA) is 49.4 Å². The Morgan fingerprint density at radius 1 is 0.972 bits per heavy atom. The number of nitrogens with zero attached hydrogens (tertiary/aromatic N) is 1. The second-order valence-corrected chi connectivity index (χ2v) is 9.73. The first kappa shape index (κ1) is 27.7. The van der Waals surface area contributed by atoms with Crippen molar-refractivity contribution in [3.8, 4) is 0 Å². The van der Waals surface area contributed by atoms with Gasteiger partial charge < -0.3 is 10.2 Å². The summed E-state index contributed by atoms with van der Waals surface area (Å²) in [6, 6.07) is 19.1. The second-order valence-electron chi connectivity index (χ2n) is 8.34. The zero-order valence-corrected chi connectivity index (χ0v) is 21.6. The molecule has 1 atom stereocenters. The van der Waals surface area contributed by atoms with E-state index in [2.05, 4.69) is 5.32 Å². The Morgan fingerprint density at radius 3 is 2.36 bits per heavy atom. The van der Waals surface area contributed by atoms with Gasteiger partial charge in [0.25, 0.3) is 0 Å². The molecular weight excluding hydrogens is 502 g/mol. The predicted molar refractivity (Wildman–Crippen MR) is 142 cm³/mol. The summed E-state index contributed by atoms with van der Waals surface area (Å²) in [5.41, 5.74) is 1.95. The summed E-state index contributed by atoms with van der Waals surface area (Å²) in [6.45, 7) is 2.58.